The molecule has 4 heteroatoms. The molecule has 0 amide bonds. The Kier molecular flexibility index (Phi) is 3.81. The maximum atomic E-state index is 5.53. The smallest absolute Gasteiger partial charge is 0.178 e. The highest BCUT2D eigenvalue weighted by Gasteiger charge is 2.23. The Bertz CT molecular complexity index is 635. The van der Waals surface area contributed by atoms with E-state index in [4.69, 9.17) is 12.2 Å². The van der Waals surface area contributed by atoms with E-state index < -0.39 is 0 Å². The molecule has 0 saturated heterocycles. The van der Waals surface area contributed by atoms with Gasteiger partial charge in [-0.15, -0.1) is 0 Å². The molecule has 1 aromatic carbocycles. The van der Waals surface area contributed by atoms with Crippen LogP contribution in [-0.4, -0.2) is 9.55 Å². The van der Waals surface area contributed by atoms with Crippen LogP contribution < -0.4 is 0 Å². The van der Waals surface area contributed by atoms with E-state index >= 15 is 0 Å². The Hall–Kier alpha value is -0.610. The lowest BCUT2D eigenvalue weighted by molar-refractivity contribution is 0.272. The fourth-order valence-corrected chi connectivity index (χ4v) is 3.97. The summed E-state index contributed by atoms with van der Waals surface area (Å²) in [5.74, 6) is 0.919. The van der Waals surface area contributed by atoms with E-state index in [1.165, 1.54) is 37.6 Å². The molecule has 0 aliphatic heterocycles. The van der Waals surface area contributed by atoms with Crippen molar-refractivity contribution in [1.82, 2.24) is 9.55 Å². The molecule has 1 aromatic heterocycles. The standard InChI is InChI=1S/C15H19BrN2S/c1-2-10-3-6-12(7-4-10)18-14-9-11(16)5-8-13(14)17-15(18)19/h5,8-10,12H,2-4,6-7H2,1H3,(H,17,19). The van der Waals surface area contributed by atoms with Gasteiger partial charge in [0.2, 0.25) is 0 Å². The first-order chi connectivity index (χ1) is 9.19. The topological polar surface area (TPSA) is 20.7 Å². The van der Waals surface area contributed by atoms with E-state index in [1.54, 1.807) is 0 Å². The van der Waals surface area contributed by atoms with Crippen LogP contribution in [0.3, 0.4) is 0 Å². The molecule has 0 radical (unpaired) electrons. The molecule has 3 rings (SSSR count). The molecule has 1 saturated carbocycles. The minimum Gasteiger partial charge on any atom is -0.331 e. The van der Waals surface area contributed by atoms with Crippen molar-refractivity contribution in [2.75, 3.05) is 0 Å². The van der Waals surface area contributed by atoms with Crippen molar-refractivity contribution < 1.29 is 0 Å². The molecular formula is C15H19BrN2S. The molecule has 0 bridgehead atoms. The fraction of sp³-hybridized carbons (Fsp3) is 0.533. The molecule has 0 unspecified atom stereocenters. The number of aromatic amines is 1. The SMILES string of the molecule is CCC1CCC(n2c(=S)[nH]c3ccc(Br)cc32)CC1. The number of imidazole rings is 1. The molecule has 1 heterocycles. The molecule has 0 atom stereocenters. The average molecular weight is 339 g/mol. The number of fused-ring (bicyclic) bond motifs is 1. The normalized spacial score (nSPS) is 23.9. The number of H-pyrrole nitrogens is 1. The van der Waals surface area contributed by atoms with Crippen molar-refractivity contribution >= 4 is 39.2 Å². The van der Waals surface area contributed by atoms with Crippen molar-refractivity contribution in [1.29, 1.82) is 0 Å². The number of nitrogens with zero attached hydrogens (tertiary/aromatic N) is 1. The van der Waals surface area contributed by atoms with Crippen molar-refractivity contribution in [2.24, 2.45) is 5.92 Å². The molecule has 19 heavy (non-hydrogen) atoms. The summed E-state index contributed by atoms with van der Waals surface area (Å²) < 4.78 is 4.32. The van der Waals surface area contributed by atoms with Crippen LogP contribution in [-0.2, 0) is 0 Å². The first-order valence-corrected chi connectivity index (χ1v) is 8.29. The van der Waals surface area contributed by atoms with Crippen molar-refractivity contribution in [3.8, 4) is 0 Å². The van der Waals surface area contributed by atoms with E-state index in [0.717, 1.165) is 20.7 Å². The summed E-state index contributed by atoms with van der Waals surface area (Å²) >= 11 is 9.09. The summed E-state index contributed by atoms with van der Waals surface area (Å²) in [4.78, 5) is 3.33. The fourth-order valence-electron chi connectivity index (χ4n) is 3.27. The van der Waals surface area contributed by atoms with Gasteiger partial charge in [0.15, 0.2) is 4.77 Å². The van der Waals surface area contributed by atoms with Gasteiger partial charge in [-0.2, -0.15) is 0 Å². The van der Waals surface area contributed by atoms with Crippen LogP contribution in [0.1, 0.15) is 45.1 Å². The summed E-state index contributed by atoms with van der Waals surface area (Å²) in [5, 5.41) is 0. The third-order valence-corrected chi connectivity index (χ3v) is 5.23. The Labute approximate surface area is 127 Å². The lowest BCUT2D eigenvalue weighted by atomic mass is 9.84. The van der Waals surface area contributed by atoms with Crippen molar-refractivity contribution in [3.63, 3.8) is 0 Å². The Morgan fingerprint density at radius 2 is 2.05 bits per heavy atom. The van der Waals surface area contributed by atoms with E-state index in [-0.39, 0.29) is 0 Å². The minimum absolute atomic E-state index is 0.568. The summed E-state index contributed by atoms with van der Waals surface area (Å²) in [7, 11) is 0. The first-order valence-electron chi connectivity index (χ1n) is 7.08. The number of aromatic nitrogens is 2. The summed E-state index contributed by atoms with van der Waals surface area (Å²) in [5.41, 5.74) is 2.38. The Balaban J connectivity index is 1.98. The van der Waals surface area contributed by atoms with E-state index in [9.17, 15) is 0 Å². The van der Waals surface area contributed by atoms with Crippen LogP contribution in [0, 0.1) is 10.7 Å². The third-order valence-electron chi connectivity index (χ3n) is 4.44. The van der Waals surface area contributed by atoms with Gasteiger partial charge in [0.05, 0.1) is 11.0 Å². The second-order valence-electron chi connectivity index (χ2n) is 5.54. The van der Waals surface area contributed by atoms with Gasteiger partial charge in [0, 0.05) is 10.5 Å². The highest BCUT2D eigenvalue weighted by molar-refractivity contribution is 9.10. The summed E-state index contributed by atoms with van der Waals surface area (Å²) in [6.07, 6.45) is 6.50. The van der Waals surface area contributed by atoms with Gasteiger partial charge in [-0.3, -0.25) is 0 Å². The van der Waals surface area contributed by atoms with Crippen LogP contribution >= 0.6 is 28.1 Å². The summed E-state index contributed by atoms with van der Waals surface area (Å²) in [6, 6.07) is 6.90. The maximum Gasteiger partial charge on any atom is 0.178 e. The number of rotatable bonds is 2. The lowest BCUT2D eigenvalue weighted by Crippen LogP contribution is -2.17. The first kappa shape index (κ1) is 13.4. The molecule has 1 fully saturated rings. The number of nitrogens with one attached hydrogen (secondary N) is 1. The average Bonchev–Trinajstić information content (AvgIpc) is 2.74. The monoisotopic (exact) mass is 338 g/mol. The summed E-state index contributed by atoms with van der Waals surface area (Å²) in [6.45, 7) is 2.31. The second kappa shape index (κ2) is 5.41. The zero-order chi connectivity index (χ0) is 13.4. The van der Waals surface area contributed by atoms with Crippen LogP contribution in [0.5, 0.6) is 0 Å². The molecule has 102 valence electrons. The van der Waals surface area contributed by atoms with Gasteiger partial charge in [-0.25, -0.2) is 0 Å². The number of benzene rings is 1. The molecule has 2 aromatic rings. The van der Waals surface area contributed by atoms with Crippen LogP contribution in [0.25, 0.3) is 11.0 Å². The third kappa shape index (κ3) is 2.52. The van der Waals surface area contributed by atoms with Gasteiger partial charge < -0.3 is 9.55 Å². The van der Waals surface area contributed by atoms with E-state index in [0.29, 0.717) is 6.04 Å². The molecule has 0 spiro atoms. The molecule has 1 aliphatic rings. The zero-order valence-corrected chi connectivity index (χ0v) is 13.6. The second-order valence-corrected chi connectivity index (χ2v) is 6.85. The Morgan fingerprint density at radius 1 is 1.32 bits per heavy atom. The molecule has 1 aliphatic carbocycles. The predicted octanol–water partition coefficient (Wildman–Crippen LogP) is 5.60. The lowest BCUT2D eigenvalue weighted by Gasteiger charge is -2.29. The minimum atomic E-state index is 0.568. The number of halogens is 1. The van der Waals surface area contributed by atoms with Gasteiger partial charge in [-0.1, -0.05) is 29.3 Å². The van der Waals surface area contributed by atoms with Gasteiger partial charge >= 0.3 is 0 Å². The maximum absolute atomic E-state index is 5.53. The molecule has 1 N–H and O–H groups in total. The number of hydrogen-bond acceptors (Lipinski definition) is 1. The predicted molar refractivity (Wildman–Crippen MR) is 86.1 cm³/mol. The molecule has 2 nitrogen and oxygen atoms in total. The zero-order valence-electron chi connectivity index (χ0n) is 11.2. The number of hydrogen-bond donors (Lipinski definition) is 1. The van der Waals surface area contributed by atoms with E-state index in [1.807, 2.05) is 0 Å². The van der Waals surface area contributed by atoms with Crippen molar-refractivity contribution in [3.05, 3.63) is 27.4 Å². The van der Waals surface area contributed by atoms with Crippen LogP contribution in [0.2, 0.25) is 0 Å². The van der Waals surface area contributed by atoms with Gasteiger partial charge in [0.1, 0.15) is 0 Å². The van der Waals surface area contributed by atoms with Crippen LogP contribution in [0.4, 0.5) is 0 Å². The molecular weight excluding hydrogens is 320 g/mol. The Morgan fingerprint density at radius 3 is 2.74 bits per heavy atom. The van der Waals surface area contributed by atoms with Gasteiger partial charge in [0.25, 0.3) is 0 Å². The van der Waals surface area contributed by atoms with Crippen molar-refractivity contribution in [2.45, 2.75) is 45.1 Å². The quantitative estimate of drug-likeness (QED) is 0.706. The highest BCUT2D eigenvalue weighted by atomic mass is 79.9. The highest BCUT2D eigenvalue weighted by Crippen LogP contribution is 2.36. The van der Waals surface area contributed by atoms with Crippen LogP contribution in [0.15, 0.2) is 22.7 Å². The largest absolute Gasteiger partial charge is 0.331 e. The van der Waals surface area contributed by atoms with E-state index in [2.05, 4.69) is 50.6 Å². The van der Waals surface area contributed by atoms with Gasteiger partial charge in [-0.05, 0) is 62.0 Å².